The highest BCUT2D eigenvalue weighted by Gasteiger charge is 2.03. The number of rotatable bonds is 7. The van der Waals surface area contributed by atoms with Crippen molar-refractivity contribution < 1.29 is 9.53 Å². The molecule has 4 heteroatoms. The van der Waals surface area contributed by atoms with Gasteiger partial charge in [0, 0.05) is 18.8 Å². The van der Waals surface area contributed by atoms with Crippen molar-refractivity contribution in [3.8, 4) is 0 Å². The van der Waals surface area contributed by atoms with Gasteiger partial charge in [0.15, 0.2) is 0 Å². The van der Waals surface area contributed by atoms with Gasteiger partial charge in [-0.3, -0.25) is 4.79 Å². The summed E-state index contributed by atoms with van der Waals surface area (Å²) in [4.78, 5) is 11.9. The van der Waals surface area contributed by atoms with Crippen molar-refractivity contribution in [2.45, 2.75) is 26.5 Å². The van der Waals surface area contributed by atoms with E-state index in [-0.39, 0.29) is 5.91 Å². The molecule has 0 saturated carbocycles. The normalized spacial score (nSPS) is 10.4. The number of hydrogen-bond acceptors (Lipinski definition) is 3. The van der Waals surface area contributed by atoms with E-state index in [4.69, 9.17) is 10.5 Å². The first-order valence-electron chi connectivity index (χ1n) is 7.44. The second-order valence-electron chi connectivity index (χ2n) is 5.15. The van der Waals surface area contributed by atoms with Crippen LogP contribution in [0.1, 0.15) is 23.6 Å². The van der Waals surface area contributed by atoms with Crippen molar-refractivity contribution in [3.05, 3.63) is 65.2 Å². The van der Waals surface area contributed by atoms with Crippen LogP contribution < -0.4 is 11.1 Å². The molecule has 0 atom stereocenters. The Morgan fingerprint density at radius 1 is 1.00 bits per heavy atom. The number of carbonyl (C=O) groups excluding carboxylic acids is 1. The van der Waals surface area contributed by atoms with Crippen LogP contribution in [0, 0.1) is 0 Å². The largest absolute Gasteiger partial charge is 0.399 e. The van der Waals surface area contributed by atoms with E-state index >= 15 is 0 Å². The maximum atomic E-state index is 11.9. The molecule has 0 fully saturated rings. The van der Waals surface area contributed by atoms with Gasteiger partial charge in [0.25, 0.3) is 0 Å². The van der Waals surface area contributed by atoms with Gasteiger partial charge in [-0.25, -0.2) is 0 Å². The Hall–Kier alpha value is -2.33. The minimum Gasteiger partial charge on any atom is -0.399 e. The van der Waals surface area contributed by atoms with Crippen LogP contribution in [0.3, 0.4) is 0 Å². The topological polar surface area (TPSA) is 64.3 Å². The van der Waals surface area contributed by atoms with Gasteiger partial charge in [-0.15, -0.1) is 0 Å². The van der Waals surface area contributed by atoms with E-state index in [1.807, 2.05) is 43.3 Å². The fourth-order valence-electron chi connectivity index (χ4n) is 2.06. The second-order valence-corrected chi connectivity index (χ2v) is 5.15. The molecule has 0 aromatic heterocycles. The summed E-state index contributed by atoms with van der Waals surface area (Å²) in [6, 6.07) is 15.4. The molecule has 116 valence electrons. The number of ether oxygens (including phenoxy) is 1. The first-order chi connectivity index (χ1) is 10.7. The molecule has 2 aromatic rings. The van der Waals surface area contributed by atoms with Gasteiger partial charge in [-0.1, -0.05) is 36.4 Å². The van der Waals surface area contributed by atoms with E-state index in [0.717, 1.165) is 16.7 Å². The van der Waals surface area contributed by atoms with Crippen molar-refractivity contribution in [2.75, 3.05) is 12.3 Å². The van der Waals surface area contributed by atoms with Crippen molar-refractivity contribution in [1.29, 1.82) is 0 Å². The number of anilines is 1. The van der Waals surface area contributed by atoms with E-state index in [1.54, 1.807) is 12.1 Å². The molecular weight excluding hydrogens is 276 g/mol. The average molecular weight is 298 g/mol. The number of nitrogens with one attached hydrogen (secondary N) is 1. The predicted molar refractivity (Wildman–Crippen MR) is 88.2 cm³/mol. The van der Waals surface area contributed by atoms with E-state index in [0.29, 0.717) is 31.9 Å². The molecule has 4 nitrogen and oxygen atoms in total. The van der Waals surface area contributed by atoms with Crippen molar-refractivity contribution in [3.63, 3.8) is 0 Å². The molecule has 0 heterocycles. The lowest BCUT2D eigenvalue weighted by molar-refractivity contribution is -0.120. The Morgan fingerprint density at radius 3 is 2.23 bits per heavy atom. The van der Waals surface area contributed by atoms with Crippen LogP contribution in [-0.2, 0) is 29.1 Å². The maximum absolute atomic E-state index is 11.9. The molecule has 0 unspecified atom stereocenters. The molecule has 0 aliphatic heterocycles. The number of benzene rings is 2. The van der Waals surface area contributed by atoms with Crippen LogP contribution in [0.2, 0.25) is 0 Å². The van der Waals surface area contributed by atoms with Crippen LogP contribution in [-0.4, -0.2) is 12.5 Å². The lowest BCUT2D eigenvalue weighted by atomic mass is 10.1. The summed E-state index contributed by atoms with van der Waals surface area (Å²) in [6.07, 6.45) is 0.364. The highest BCUT2D eigenvalue weighted by molar-refractivity contribution is 5.78. The molecule has 0 aliphatic carbocycles. The molecule has 0 saturated heterocycles. The summed E-state index contributed by atoms with van der Waals surface area (Å²) in [5, 5.41) is 2.92. The van der Waals surface area contributed by atoms with E-state index in [2.05, 4.69) is 5.32 Å². The van der Waals surface area contributed by atoms with Gasteiger partial charge >= 0.3 is 0 Å². The average Bonchev–Trinajstić information content (AvgIpc) is 2.54. The Balaban J connectivity index is 1.79. The molecular formula is C18H22N2O2. The monoisotopic (exact) mass is 298 g/mol. The molecule has 1 amide bonds. The number of hydrogen-bond donors (Lipinski definition) is 2. The van der Waals surface area contributed by atoms with Gasteiger partial charge in [-0.2, -0.15) is 0 Å². The summed E-state index contributed by atoms with van der Waals surface area (Å²) >= 11 is 0. The van der Waals surface area contributed by atoms with Gasteiger partial charge in [0.05, 0.1) is 13.0 Å². The Labute approximate surface area is 131 Å². The fourth-order valence-corrected chi connectivity index (χ4v) is 2.06. The van der Waals surface area contributed by atoms with Crippen LogP contribution >= 0.6 is 0 Å². The Kier molecular flexibility index (Phi) is 5.98. The second kappa shape index (κ2) is 8.20. The lowest BCUT2D eigenvalue weighted by Gasteiger charge is -2.07. The highest BCUT2D eigenvalue weighted by atomic mass is 16.5. The molecule has 2 aromatic carbocycles. The molecule has 0 bridgehead atoms. The third kappa shape index (κ3) is 5.22. The van der Waals surface area contributed by atoms with E-state index in [9.17, 15) is 4.79 Å². The number of nitrogens with two attached hydrogens (primary N) is 1. The smallest absolute Gasteiger partial charge is 0.224 e. The third-order valence-electron chi connectivity index (χ3n) is 3.33. The molecule has 3 N–H and O–H groups in total. The number of carbonyl (C=O) groups is 1. The minimum absolute atomic E-state index is 0.00293. The van der Waals surface area contributed by atoms with Crippen LogP contribution in [0.5, 0.6) is 0 Å². The van der Waals surface area contributed by atoms with Gasteiger partial charge in [-0.05, 0) is 35.7 Å². The molecule has 0 radical (unpaired) electrons. The summed E-state index contributed by atoms with van der Waals surface area (Å²) in [5.74, 6) is 0.00293. The first-order valence-corrected chi connectivity index (χ1v) is 7.44. The van der Waals surface area contributed by atoms with Crippen molar-refractivity contribution in [2.24, 2.45) is 0 Å². The zero-order valence-electron chi connectivity index (χ0n) is 12.8. The Morgan fingerprint density at radius 2 is 1.59 bits per heavy atom. The zero-order valence-corrected chi connectivity index (χ0v) is 12.8. The summed E-state index contributed by atoms with van der Waals surface area (Å²) in [5.41, 5.74) is 9.50. The van der Waals surface area contributed by atoms with E-state index < -0.39 is 0 Å². The van der Waals surface area contributed by atoms with E-state index in [1.165, 1.54) is 0 Å². The third-order valence-corrected chi connectivity index (χ3v) is 3.33. The number of nitrogen functional groups attached to an aromatic ring is 1. The van der Waals surface area contributed by atoms with Crippen LogP contribution in [0.15, 0.2) is 48.5 Å². The lowest BCUT2D eigenvalue weighted by Crippen LogP contribution is -2.24. The fraction of sp³-hybridized carbons (Fsp3) is 0.278. The Bertz CT molecular complexity index is 591. The summed E-state index contributed by atoms with van der Waals surface area (Å²) in [7, 11) is 0. The summed E-state index contributed by atoms with van der Waals surface area (Å²) in [6.45, 7) is 3.84. The highest BCUT2D eigenvalue weighted by Crippen LogP contribution is 2.07. The van der Waals surface area contributed by atoms with Crippen LogP contribution in [0.25, 0.3) is 0 Å². The van der Waals surface area contributed by atoms with Crippen molar-refractivity contribution in [1.82, 2.24) is 5.32 Å². The molecule has 0 aliphatic rings. The number of amides is 1. The molecule has 2 rings (SSSR count). The SMILES string of the molecule is CCOCc1ccc(CNC(=O)Cc2ccc(N)cc2)cc1. The molecule has 0 spiro atoms. The maximum Gasteiger partial charge on any atom is 0.224 e. The quantitative estimate of drug-likeness (QED) is 0.772. The minimum atomic E-state index is 0.00293. The van der Waals surface area contributed by atoms with Crippen molar-refractivity contribution >= 4 is 11.6 Å². The van der Waals surface area contributed by atoms with Gasteiger partial charge in [0.1, 0.15) is 0 Å². The molecule has 22 heavy (non-hydrogen) atoms. The predicted octanol–water partition coefficient (Wildman–Crippen LogP) is 2.66. The first kappa shape index (κ1) is 16.0. The summed E-state index contributed by atoms with van der Waals surface area (Å²) < 4.78 is 5.35. The van der Waals surface area contributed by atoms with Gasteiger partial charge < -0.3 is 15.8 Å². The van der Waals surface area contributed by atoms with Crippen LogP contribution in [0.4, 0.5) is 5.69 Å². The zero-order chi connectivity index (χ0) is 15.8. The van der Waals surface area contributed by atoms with Gasteiger partial charge in [0.2, 0.25) is 5.91 Å². The standard InChI is InChI=1S/C18H22N2O2/c1-2-22-13-16-5-3-15(4-6-16)12-20-18(21)11-14-7-9-17(19)10-8-14/h3-10H,2,11-13,19H2,1H3,(H,20,21).